The van der Waals surface area contributed by atoms with E-state index in [0.717, 1.165) is 38.7 Å². The molecule has 1 atom stereocenters. The fourth-order valence-electron chi connectivity index (χ4n) is 3.31. The van der Waals surface area contributed by atoms with Gasteiger partial charge in [0.25, 0.3) is 0 Å². The standard InChI is InChI=1S/C16H32N4O/c1-3-17-16(20-12-7-15(13-20)14-21-2)18-8-6-11-19-9-4-5-10-19/h15H,3-14H2,1-2H3,(H,17,18). The topological polar surface area (TPSA) is 40.1 Å². The van der Waals surface area contributed by atoms with Crippen molar-refractivity contribution in [3.8, 4) is 0 Å². The van der Waals surface area contributed by atoms with Crippen LogP contribution in [0.15, 0.2) is 4.99 Å². The molecule has 0 radical (unpaired) electrons. The van der Waals surface area contributed by atoms with Gasteiger partial charge >= 0.3 is 0 Å². The summed E-state index contributed by atoms with van der Waals surface area (Å²) >= 11 is 0. The minimum atomic E-state index is 0.656. The Hall–Kier alpha value is -0.810. The van der Waals surface area contributed by atoms with Gasteiger partial charge < -0.3 is 19.9 Å². The van der Waals surface area contributed by atoms with E-state index < -0.39 is 0 Å². The fraction of sp³-hybridized carbons (Fsp3) is 0.938. The summed E-state index contributed by atoms with van der Waals surface area (Å²) in [7, 11) is 1.79. The molecule has 0 amide bonds. The first kappa shape index (κ1) is 16.6. The highest BCUT2D eigenvalue weighted by Crippen LogP contribution is 2.16. The van der Waals surface area contributed by atoms with E-state index in [0.29, 0.717) is 5.92 Å². The Balaban J connectivity index is 1.73. The number of nitrogens with zero attached hydrogens (tertiary/aromatic N) is 3. The Bertz CT molecular complexity index is 315. The van der Waals surface area contributed by atoms with E-state index in [4.69, 9.17) is 9.73 Å². The van der Waals surface area contributed by atoms with Crippen LogP contribution in [-0.4, -0.2) is 75.3 Å². The number of rotatable bonds is 7. The van der Waals surface area contributed by atoms with Crippen molar-refractivity contribution in [2.75, 3.05) is 59.5 Å². The summed E-state index contributed by atoms with van der Waals surface area (Å²) in [6.45, 7) is 10.8. The summed E-state index contributed by atoms with van der Waals surface area (Å²) in [5.74, 6) is 1.75. The fourth-order valence-corrected chi connectivity index (χ4v) is 3.31. The lowest BCUT2D eigenvalue weighted by Gasteiger charge is -2.22. The van der Waals surface area contributed by atoms with Crippen LogP contribution in [0.2, 0.25) is 0 Å². The number of hydrogen-bond donors (Lipinski definition) is 1. The second-order valence-electron chi connectivity index (χ2n) is 6.19. The Morgan fingerprint density at radius 1 is 1.29 bits per heavy atom. The van der Waals surface area contributed by atoms with Gasteiger partial charge in [-0.15, -0.1) is 0 Å². The average Bonchev–Trinajstić information content (AvgIpc) is 3.14. The third-order valence-electron chi connectivity index (χ3n) is 4.42. The van der Waals surface area contributed by atoms with Crippen molar-refractivity contribution in [1.82, 2.24) is 15.1 Å². The van der Waals surface area contributed by atoms with Crippen molar-refractivity contribution in [3.05, 3.63) is 0 Å². The highest BCUT2D eigenvalue weighted by molar-refractivity contribution is 5.80. The normalized spacial score (nSPS) is 24.0. The van der Waals surface area contributed by atoms with Crippen LogP contribution in [0.25, 0.3) is 0 Å². The zero-order valence-corrected chi connectivity index (χ0v) is 13.8. The maximum absolute atomic E-state index is 5.28. The van der Waals surface area contributed by atoms with Crippen LogP contribution < -0.4 is 5.32 Å². The first-order chi connectivity index (χ1) is 10.3. The molecule has 2 rings (SSSR count). The number of aliphatic imine (C=N–C) groups is 1. The van der Waals surface area contributed by atoms with Crippen molar-refractivity contribution in [3.63, 3.8) is 0 Å². The van der Waals surface area contributed by atoms with Crippen molar-refractivity contribution in [2.45, 2.75) is 32.6 Å². The van der Waals surface area contributed by atoms with Gasteiger partial charge in [-0.2, -0.15) is 0 Å². The lowest BCUT2D eigenvalue weighted by molar-refractivity contribution is 0.157. The summed E-state index contributed by atoms with van der Waals surface area (Å²) in [6.07, 6.45) is 5.14. The molecule has 2 fully saturated rings. The first-order valence-corrected chi connectivity index (χ1v) is 8.58. The van der Waals surface area contributed by atoms with Gasteiger partial charge in [0.15, 0.2) is 5.96 Å². The van der Waals surface area contributed by atoms with E-state index >= 15 is 0 Å². The number of nitrogens with one attached hydrogen (secondary N) is 1. The van der Waals surface area contributed by atoms with Crippen molar-refractivity contribution < 1.29 is 4.74 Å². The minimum Gasteiger partial charge on any atom is -0.384 e. The molecule has 0 spiro atoms. The third kappa shape index (κ3) is 5.47. The largest absolute Gasteiger partial charge is 0.384 e. The van der Waals surface area contributed by atoms with E-state index in [1.165, 1.54) is 45.3 Å². The molecule has 0 aromatic rings. The van der Waals surface area contributed by atoms with Gasteiger partial charge in [0.2, 0.25) is 0 Å². The van der Waals surface area contributed by atoms with Crippen molar-refractivity contribution >= 4 is 5.96 Å². The van der Waals surface area contributed by atoms with Crippen LogP contribution in [0.1, 0.15) is 32.6 Å². The molecule has 0 aromatic carbocycles. The molecule has 21 heavy (non-hydrogen) atoms. The Labute approximate surface area is 129 Å². The zero-order valence-electron chi connectivity index (χ0n) is 13.8. The van der Waals surface area contributed by atoms with E-state index in [-0.39, 0.29) is 0 Å². The molecule has 1 unspecified atom stereocenters. The van der Waals surface area contributed by atoms with Crippen molar-refractivity contribution in [1.29, 1.82) is 0 Å². The van der Waals surface area contributed by atoms with Gasteiger partial charge in [-0.25, -0.2) is 0 Å². The molecule has 1 N–H and O–H groups in total. The van der Waals surface area contributed by atoms with Crippen LogP contribution >= 0.6 is 0 Å². The van der Waals surface area contributed by atoms with E-state index in [1.807, 2.05) is 0 Å². The second kappa shape index (κ2) is 9.26. The monoisotopic (exact) mass is 296 g/mol. The molecule has 2 aliphatic heterocycles. The molecule has 2 heterocycles. The van der Waals surface area contributed by atoms with E-state index in [1.54, 1.807) is 7.11 Å². The molecule has 0 aromatic heterocycles. The summed E-state index contributed by atoms with van der Waals surface area (Å²) in [5, 5.41) is 3.44. The molecule has 0 bridgehead atoms. The first-order valence-electron chi connectivity index (χ1n) is 8.58. The van der Waals surface area contributed by atoms with Crippen LogP contribution in [0.3, 0.4) is 0 Å². The van der Waals surface area contributed by atoms with Gasteiger partial charge in [0, 0.05) is 39.2 Å². The van der Waals surface area contributed by atoms with Gasteiger partial charge in [-0.1, -0.05) is 0 Å². The third-order valence-corrected chi connectivity index (χ3v) is 4.42. The summed E-state index contributed by atoms with van der Waals surface area (Å²) < 4.78 is 5.28. The maximum atomic E-state index is 5.28. The van der Waals surface area contributed by atoms with Crippen LogP contribution in [0.5, 0.6) is 0 Å². The smallest absolute Gasteiger partial charge is 0.193 e. The molecular formula is C16H32N4O. The van der Waals surface area contributed by atoms with Gasteiger partial charge in [-0.05, 0) is 52.2 Å². The quantitative estimate of drug-likeness (QED) is 0.438. The number of likely N-dealkylation sites (tertiary alicyclic amines) is 2. The maximum Gasteiger partial charge on any atom is 0.193 e. The molecular weight excluding hydrogens is 264 g/mol. The number of ether oxygens (including phenoxy) is 1. The highest BCUT2D eigenvalue weighted by atomic mass is 16.5. The van der Waals surface area contributed by atoms with Gasteiger partial charge in [0.1, 0.15) is 0 Å². The lowest BCUT2D eigenvalue weighted by atomic mass is 10.1. The molecule has 5 nitrogen and oxygen atoms in total. The SMILES string of the molecule is CCNC(=NCCCN1CCCC1)N1CCC(COC)C1. The number of hydrogen-bond acceptors (Lipinski definition) is 3. The molecule has 122 valence electrons. The predicted octanol–water partition coefficient (Wildman–Crippen LogP) is 1.41. The lowest BCUT2D eigenvalue weighted by Crippen LogP contribution is -2.40. The summed E-state index contributed by atoms with van der Waals surface area (Å²) in [5.41, 5.74) is 0. The van der Waals surface area contributed by atoms with Crippen LogP contribution in [-0.2, 0) is 4.74 Å². The Kier molecular flexibility index (Phi) is 7.30. The minimum absolute atomic E-state index is 0.656. The molecule has 2 saturated heterocycles. The molecule has 0 aliphatic carbocycles. The predicted molar refractivity (Wildman–Crippen MR) is 87.8 cm³/mol. The highest BCUT2D eigenvalue weighted by Gasteiger charge is 2.24. The summed E-state index contributed by atoms with van der Waals surface area (Å²) in [6, 6.07) is 0. The van der Waals surface area contributed by atoms with Gasteiger partial charge in [0.05, 0.1) is 6.61 Å². The Morgan fingerprint density at radius 3 is 2.81 bits per heavy atom. The zero-order chi connectivity index (χ0) is 14.9. The molecule has 0 saturated carbocycles. The van der Waals surface area contributed by atoms with Crippen LogP contribution in [0, 0.1) is 5.92 Å². The van der Waals surface area contributed by atoms with Crippen LogP contribution in [0.4, 0.5) is 0 Å². The second-order valence-corrected chi connectivity index (χ2v) is 6.19. The Morgan fingerprint density at radius 2 is 2.10 bits per heavy atom. The average molecular weight is 296 g/mol. The molecule has 2 aliphatic rings. The summed E-state index contributed by atoms with van der Waals surface area (Å²) in [4.78, 5) is 9.77. The number of methoxy groups -OCH3 is 1. The van der Waals surface area contributed by atoms with E-state index in [9.17, 15) is 0 Å². The molecule has 5 heteroatoms. The van der Waals surface area contributed by atoms with E-state index in [2.05, 4.69) is 22.0 Å². The number of guanidine groups is 1. The van der Waals surface area contributed by atoms with Crippen molar-refractivity contribution in [2.24, 2.45) is 10.9 Å². The van der Waals surface area contributed by atoms with Gasteiger partial charge in [-0.3, -0.25) is 4.99 Å².